The Morgan fingerprint density at radius 2 is 1.88 bits per heavy atom. The second-order valence-electron chi connectivity index (χ2n) is 7.09. The van der Waals surface area contributed by atoms with Crippen LogP contribution >= 0.6 is 0 Å². The van der Waals surface area contributed by atoms with Crippen LogP contribution in [0.3, 0.4) is 0 Å². The van der Waals surface area contributed by atoms with Crippen molar-refractivity contribution in [1.29, 1.82) is 0 Å². The van der Waals surface area contributed by atoms with Crippen molar-refractivity contribution in [2.45, 2.75) is 32.1 Å². The minimum Gasteiger partial charge on any atom is -0.341 e. The summed E-state index contributed by atoms with van der Waals surface area (Å²) in [5, 5.41) is 0. The predicted octanol–water partition coefficient (Wildman–Crippen LogP) is 1.79. The number of nitrogens with zero attached hydrogens (tertiary/aromatic N) is 4. The van der Waals surface area contributed by atoms with E-state index in [2.05, 4.69) is 22.1 Å². The summed E-state index contributed by atoms with van der Waals surface area (Å²) < 4.78 is 0. The molecule has 2 amide bonds. The predicted molar refractivity (Wildman–Crippen MR) is 89.1 cm³/mol. The third kappa shape index (κ3) is 2.50. The van der Waals surface area contributed by atoms with Crippen molar-refractivity contribution in [3.05, 3.63) is 30.9 Å². The number of carbonyl (C=O) groups excluding carboxylic acids is 2. The number of likely N-dealkylation sites (tertiary alicyclic amines) is 1. The van der Waals surface area contributed by atoms with E-state index in [0.717, 1.165) is 44.3 Å². The summed E-state index contributed by atoms with van der Waals surface area (Å²) in [5.41, 5.74) is 0.332. The van der Waals surface area contributed by atoms with E-state index in [1.54, 1.807) is 17.3 Å². The fourth-order valence-corrected chi connectivity index (χ4v) is 4.27. The number of anilines is 1. The van der Waals surface area contributed by atoms with Crippen LogP contribution in [0.1, 0.15) is 32.1 Å². The van der Waals surface area contributed by atoms with Crippen molar-refractivity contribution in [3.8, 4) is 0 Å². The van der Waals surface area contributed by atoms with Gasteiger partial charge in [0.15, 0.2) is 0 Å². The summed E-state index contributed by atoms with van der Waals surface area (Å²) in [4.78, 5) is 37.6. The van der Waals surface area contributed by atoms with E-state index in [-0.39, 0.29) is 17.7 Å². The Hall–Kier alpha value is -2.24. The molecule has 24 heavy (non-hydrogen) atoms. The number of hydrogen-bond acceptors (Lipinski definition) is 4. The first-order valence-corrected chi connectivity index (χ1v) is 8.70. The van der Waals surface area contributed by atoms with E-state index in [1.165, 1.54) is 6.33 Å². The van der Waals surface area contributed by atoms with Gasteiger partial charge in [-0.15, -0.1) is 0 Å². The van der Waals surface area contributed by atoms with E-state index in [4.69, 9.17) is 0 Å². The zero-order chi connectivity index (χ0) is 16.6. The Morgan fingerprint density at radius 1 is 1.12 bits per heavy atom. The fraction of sp³-hybridized carbons (Fsp3) is 0.556. The molecule has 3 heterocycles. The molecule has 2 fully saturated rings. The Balaban J connectivity index is 1.51. The first kappa shape index (κ1) is 15.3. The van der Waals surface area contributed by atoms with Crippen molar-refractivity contribution in [1.82, 2.24) is 14.9 Å². The van der Waals surface area contributed by atoms with E-state index in [9.17, 15) is 9.59 Å². The maximum Gasteiger partial charge on any atom is 0.235 e. The van der Waals surface area contributed by atoms with Gasteiger partial charge in [-0.3, -0.25) is 9.59 Å². The molecule has 1 aromatic rings. The maximum absolute atomic E-state index is 13.1. The summed E-state index contributed by atoms with van der Waals surface area (Å²) >= 11 is 0. The zero-order valence-electron chi connectivity index (χ0n) is 13.7. The molecule has 126 valence electrons. The quantitative estimate of drug-likeness (QED) is 0.777. The van der Waals surface area contributed by atoms with Crippen LogP contribution in [0.25, 0.3) is 0 Å². The number of allylic oxidation sites excluding steroid dienone is 2. The first-order valence-electron chi connectivity index (χ1n) is 8.70. The molecule has 4 rings (SSSR count). The lowest BCUT2D eigenvalue weighted by atomic mass is 9.78. The number of piperidine rings is 1. The van der Waals surface area contributed by atoms with Crippen LogP contribution in [0.2, 0.25) is 0 Å². The summed E-state index contributed by atoms with van der Waals surface area (Å²) in [7, 11) is 0. The molecular formula is C18H22N4O2. The topological polar surface area (TPSA) is 66.4 Å². The molecule has 2 saturated heterocycles. The molecule has 1 spiro atoms. The highest BCUT2D eigenvalue weighted by Gasteiger charge is 2.50. The highest BCUT2D eigenvalue weighted by atomic mass is 16.2. The van der Waals surface area contributed by atoms with Gasteiger partial charge in [0.05, 0.1) is 23.5 Å². The summed E-state index contributed by atoms with van der Waals surface area (Å²) in [6.45, 7) is 2.02. The number of carbonyl (C=O) groups is 2. The number of rotatable bonds is 2. The fourth-order valence-electron chi connectivity index (χ4n) is 4.27. The second-order valence-corrected chi connectivity index (χ2v) is 7.09. The molecule has 1 unspecified atom stereocenters. The van der Waals surface area contributed by atoms with Gasteiger partial charge in [0.25, 0.3) is 0 Å². The minimum absolute atomic E-state index is 0.0790. The van der Waals surface area contributed by atoms with Crippen molar-refractivity contribution in [2.75, 3.05) is 24.5 Å². The minimum atomic E-state index is -0.421. The maximum atomic E-state index is 13.1. The highest BCUT2D eigenvalue weighted by molar-refractivity contribution is 6.00. The smallest absolute Gasteiger partial charge is 0.235 e. The summed E-state index contributed by atoms with van der Waals surface area (Å²) in [6.07, 6.45) is 13.2. The van der Waals surface area contributed by atoms with Gasteiger partial charge in [-0.2, -0.15) is 0 Å². The SMILES string of the molecule is O=C(C1CC=CC1)N1CCCC2(CCN(c3cncnc3)C2=O)C1. The van der Waals surface area contributed by atoms with E-state index < -0.39 is 5.41 Å². The lowest BCUT2D eigenvalue weighted by Gasteiger charge is -2.40. The molecule has 0 saturated carbocycles. The molecule has 0 radical (unpaired) electrons. The van der Waals surface area contributed by atoms with Crippen LogP contribution in [-0.2, 0) is 9.59 Å². The van der Waals surface area contributed by atoms with Gasteiger partial charge in [-0.25, -0.2) is 9.97 Å². The number of amides is 2. The van der Waals surface area contributed by atoms with E-state index >= 15 is 0 Å². The van der Waals surface area contributed by atoms with Crippen molar-refractivity contribution >= 4 is 17.5 Å². The standard InChI is InChI=1S/C18H22N4O2/c23-16(14-4-1-2-5-14)21-8-3-6-18(12-21)7-9-22(17(18)24)15-10-19-13-20-11-15/h1-2,10-11,13-14H,3-9,12H2. The van der Waals surface area contributed by atoms with Crippen LogP contribution < -0.4 is 4.90 Å². The lowest BCUT2D eigenvalue weighted by molar-refractivity contribution is -0.141. The molecule has 1 aliphatic carbocycles. The zero-order valence-corrected chi connectivity index (χ0v) is 13.7. The molecule has 6 nitrogen and oxygen atoms in total. The molecule has 0 aromatic carbocycles. The molecule has 6 heteroatoms. The van der Waals surface area contributed by atoms with Gasteiger partial charge in [0, 0.05) is 25.6 Å². The summed E-state index contributed by atoms with van der Waals surface area (Å²) in [6, 6.07) is 0. The van der Waals surface area contributed by atoms with Crippen molar-refractivity contribution in [3.63, 3.8) is 0 Å². The van der Waals surface area contributed by atoms with Gasteiger partial charge in [0.2, 0.25) is 11.8 Å². The molecule has 2 aliphatic heterocycles. The van der Waals surface area contributed by atoms with Crippen molar-refractivity contribution < 1.29 is 9.59 Å². The Kier molecular flexibility index (Phi) is 3.82. The van der Waals surface area contributed by atoms with Crippen LogP contribution in [0.5, 0.6) is 0 Å². The average molecular weight is 326 g/mol. The molecular weight excluding hydrogens is 304 g/mol. The Bertz CT molecular complexity index is 667. The first-order chi connectivity index (χ1) is 11.7. The average Bonchev–Trinajstić information content (AvgIpc) is 3.26. The summed E-state index contributed by atoms with van der Waals surface area (Å²) in [5.74, 6) is 0.419. The highest BCUT2D eigenvalue weighted by Crippen LogP contribution is 2.42. The number of hydrogen-bond donors (Lipinski definition) is 0. The largest absolute Gasteiger partial charge is 0.341 e. The Labute approximate surface area is 141 Å². The van der Waals surface area contributed by atoms with E-state index in [1.807, 2.05) is 4.90 Å². The molecule has 1 aromatic heterocycles. The lowest BCUT2D eigenvalue weighted by Crippen LogP contribution is -2.51. The normalized spacial score (nSPS) is 27.4. The van der Waals surface area contributed by atoms with Crippen LogP contribution in [-0.4, -0.2) is 46.3 Å². The van der Waals surface area contributed by atoms with Crippen LogP contribution in [0, 0.1) is 11.3 Å². The monoisotopic (exact) mass is 326 g/mol. The third-order valence-electron chi connectivity index (χ3n) is 5.62. The van der Waals surface area contributed by atoms with Gasteiger partial charge in [-0.05, 0) is 32.1 Å². The second kappa shape index (κ2) is 6.00. The van der Waals surface area contributed by atoms with Crippen molar-refractivity contribution in [2.24, 2.45) is 11.3 Å². The van der Waals surface area contributed by atoms with Crippen LogP contribution in [0.15, 0.2) is 30.9 Å². The van der Waals surface area contributed by atoms with E-state index in [0.29, 0.717) is 13.1 Å². The van der Waals surface area contributed by atoms with Gasteiger partial charge < -0.3 is 9.80 Å². The molecule has 0 bridgehead atoms. The third-order valence-corrected chi connectivity index (χ3v) is 5.62. The van der Waals surface area contributed by atoms with Gasteiger partial charge in [-0.1, -0.05) is 12.2 Å². The molecule has 3 aliphatic rings. The Morgan fingerprint density at radius 3 is 2.62 bits per heavy atom. The van der Waals surface area contributed by atoms with Gasteiger partial charge in [0.1, 0.15) is 6.33 Å². The number of aromatic nitrogens is 2. The molecule has 1 atom stereocenters. The molecule has 0 N–H and O–H groups in total. The van der Waals surface area contributed by atoms with Crippen LogP contribution in [0.4, 0.5) is 5.69 Å². The van der Waals surface area contributed by atoms with Gasteiger partial charge >= 0.3 is 0 Å².